The SMILES string of the molecule is C[C@@H]1C[C@]2(COCC(=O)N2)[C@H]2COC3CCC(CC3)c3cc(F)ccc3OCC(=O)N12. The van der Waals surface area contributed by atoms with Gasteiger partial charge >= 0.3 is 0 Å². The lowest BCUT2D eigenvalue weighted by Crippen LogP contribution is -2.65. The molecule has 1 saturated carbocycles. The molecule has 4 heterocycles. The van der Waals surface area contributed by atoms with E-state index in [9.17, 15) is 14.0 Å². The quantitative estimate of drug-likeness (QED) is 0.680. The lowest BCUT2D eigenvalue weighted by molar-refractivity contribution is -0.145. The second-order valence-corrected chi connectivity index (χ2v) is 9.34. The molecule has 3 fully saturated rings. The van der Waals surface area contributed by atoms with Gasteiger partial charge in [0.2, 0.25) is 5.91 Å². The molecule has 8 heteroatoms. The third kappa shape index (κ3) is 3.80. The van der Waals surface area contributed by atoms with Gasteiger partial charge in [-0.2, -0.15) is 0 Å². The summed E-state index contributed by atoms with van der Waals surface area (Å²) in [6.45, 7) is 2.58. The van der Waals surface area contributed by atoms with Gasteiger partial charge in [0.15, 0.2) is 6.61 Å². The van der Waals surface area contributed by atoms with Gasteiger partial charge in [0, 0.05) is 11.6 Å². The van der Waals surface area contributed by atoms with Crippen LogP contribution in [0.3, 0.4) is 0 Å². The molecular formula is C23H29FN2O5. The second kappa shape index (κ2) is 8.06. The number of amides is 2. The first-order chi connectivity index (χ1) is 14.9. The maximum Gasteiger partial charge on any atom is 0.261 e. The minimum Gasteiger partial charge on any atom is -0.483 e. The highest BCUT2D eigenvalue weighted by atomic mass is 19.1. The predicted octanol–water partition coefficient (Wildman–Crippen LogP) is 2.14. The van der Waals surface area contributed by atoms with E-state index in [1.54, 1.807) is 11.0 Å². The first-order valence-corrected chi connectivity index (χ1v) is 11.2. The van der Waals surface area contributed by atoms with E-state index >= 15 is 0 Å². The smallest absolute Gasteiger partial charge is 0.261 e. The van der Waals surface area contributed by atoms with Crippen LogP contribution in [0, 0.1) is 5.82 Å². The van der Waals surface area contributed by atoms with Crippen molar-refractivity contribution in [2.45, 2.75) is 68.7 Å². The molecule has 2 saturated heterocycles. The van der Waals surface area contributed by atoms with Crippen LogP contribution in [0.4, 0.5) is 4.39 Å². The highest BCUT2D eigenvalue weighted by molar-refractivity contribution is 5.81. The highest BCUT2D eigenvalue weighted by Crippen LogP contribution is 2.41. The maximum atomic E-state index is 14.0. The molecule has 2 amide bonds. The molecule has 5 aliphatic rings. The topological polar surface area (TPSA) is 77.1 Å². The summed E-state index contributed by atoms with van der Waals surface area (Å²) >= 11 is 0. The molecule has 2 bridgehead atoms. The van der Waals surface area contributed by atoms with Crippen molar-refractivity contribution in [1.29, 1.82) is 0 Å². The number of carbonyl (C=O) groups excluding carboxylic acids is 2. The fraction of sp³-hybridized carbons (Fsp3) is 0.652. The number of morpholine rings is 1. The van der Waals surface area contributed by atoms with Crippen LogP contribution in [-0.2, 0) is 19.1 Å². The van der Waals surface area contributed by atoms with Gasteiger partial charge in [-0.05, 0) is 63.1 Å². The zero-order valence-electron chi connectivity index (χ0n) is 17.8. The van der Waals surface area contributed by atoms with Crippen molar-refractivity contribution < 1.29 is 28.2 Å². The Hall–Kier alpha value is -2.19. The van der Waals surface area contributed by atoms with Crippen molar-refractivity contribution in [2.75, 3.05) is 26.4 Å². The largest absolute Gasteiger partial charge is 0.483 e. The summed E-state index contributed by atoms with van der Waals surface area (Å²) in [4.78, 5) is 27.2. The van der Waals surface area contributed by atoms with Gasteiger partial charge in [0.25, 0.3) is 5.91 Å². The molecule has 1 N–H and O–H groups in total. The molecule has 1 spiro atoms. The summed E-state index contributed by atoms with van der Waals surface area (Å²) in [5, 5.41) is 3.11. The summed E-state index contributed by atoms with van der Waals surface area (Å²) in [6, 6.07) is 4.12. The predicted molar refractivity (Wildman–Crippen MR) is 109 cm³/mol. The summed E-state index contributed by atoms with van der Waals surface area (Å²) < 4.78 is 31.8. The maximum absolute atomic E-state index is 14.0. The molecule has 1 aromatic rings. The van der Waals surface area contributed by atoms with Crippen molar-refractivity contribution in [3.05, 3.63) is 29.6 Å². The molecule has 0 radical (unpaired) electrons. The lowest BCUT2D eigenvalue weighted by Gasteiger charge is -2.41. The van der Waals surface area contributed by atoms with Crippen LogP contribution in [0.25, 0.3) is 0 Å². The molecule has 31 heavy (non-hydrogen) atoms. The van der Waals surface area contributed by atoms with Crippen LogP contribution in [0.5, 0.6) is 5.75 Å². The number of fused-ring (bicyclic) bond motifs is 5. The van der Waals surface area contributed by atoms with Crippen molar-refractivity contribution in [3.8, 4) is 5.75 Å². The van der Waals surface area contributed by atoms with E-state index in [2.05, 4.69) is 5.32 Å². The summed E-state index contributed by atoms with van der Waals surface area (Å²) in [5.41, 5.74) is 0.184. The normalized spacial score (nSPS) is 36.0. The average Bonchev–Trinajstić information content (AvgIpc) is 3.01. The zero-order chi connectivity index (χ0) is 21.6. The van der Waals surface area contributed by atoms with Gasteiger partial charge < -0.3 is 24.4 Å². The van der Waals surface area contributed by atoms with E-state index in [1.165, 1.54) is 12.1 Å². The van der Waals surface area contributed by atoms with E-state index in [1.807, 2.05) is 6.92 Å². The second-order valence-electron chi connectivity index (χ2n) is 9.34. The Morgan fingerprint density at radius 2 is 1.97 bits per heavy atom. The number of nitrogens with zero attached hydrogens (tertiary/aromatic N) is 1. The molecule has 4 aliphatic heterocycles. The Labute approximate surface area is 181 Å². The number of halogens is 1. The first kappa shape index (κ1) is 20.7. The Morgan fingerprint density at radius 3 is 2.74 bits per heavy atom. The van der Waals surface area contributed by atoms with Crippen LogP contribution in [0.1, 0.15) is 50.5 Å². The minimum atomic E-state index is -0.650. The van der Waals surface area contributed by atoms with Gasteiger partial charge in [-0.15, -0.1) is 0 Å². The molecule has 168 valence electrons. The monoisotopic (exact) mass is 432 g/mol. The van der Waals surface area contributed by atoms with Crippen LogP contribution < -0.4 is 10.1 Å². The van der Waals surface area contributed by atoms with Gasteiger partial charge in [0.1, 0.15) is 18.2 Å². The van der Waals surface area contributed by atoms with E-state index in [0.29, 0.717) is 25.4 Å². The van der Waals surface area contributed by atoms with Crippen molar-refractivity contribution in [2.24, 2.45) is 0 Å². The highest BCUT2D eigenvalue weighted by Gasteiger charge is 2.55. The molecule has 1 aromatic carbocycles. The fourth-order valence-electron chi connectivity index (χ4n) is 5.91. The number of nitrogens with one attached hydrogen (secondary N) is 1. The average molecular weight is 432 g/mol. The molecular weight excluding hydrogens is 403 g/mol. The fourth-order valence-corrected chi connectivity index (χ4v) is 5.91. The molecule has 6 rings (SSSR count). The number of hydrogen-bond donors (Lipinski definition) is 1. The van der Waals surface area contributed by atoms with E-state index in [0.717, 1.165) is 31.2 Å². The molecule has 0 unspecified atom stereocenters. The standard InChI is InChI=1S/C23H29FN2O5/c1-14-9-23(13-29-11-21(27)25-23)20-10-30-17-5-2-15(3-6-17)18-8-16(24)4-7-19(18)31-12-22(28)26(14)20/h4,7-8,14-15,17,20H,2-3,5-6,9-13H2,1H3,(H,25,27)/t14-,15?,17?,20-,23+/m1/s1. The summed E-state index contributed by atoms with van der Waals surface area (Å²) in [6.07, 6.45) is 4.19. The van der Waals surface area contributed by atoms with Gasteiger partial charge in [-0.3, -0.25) is 9.59 Å². The number of ether oxygens (including phenoxy) is 3. The third-order valence-corrected chi connectivity index (χ3v) is 7.30. The van der Waals surface area contributed by atoms with Gasteiger partial charge in [-0.1, -0.05) is 0 Å². The van der Waals surface area contributed by atoms with Crippen LogP contribution >= 0.6 is 0 Å². The minimum absolute atomic E-state index is 0.0398. The number of benzene rings is 1. The summed E-state index contributed by atoms with van der Waals surface area (Å²) in [7, 11) is 0. The van der Waals surface area contributed by atoms with Gasteiger partial charge in [0.05, 0.1) is 30.9 Å². The number of hydrogen-bond acceptors (Lipinski definition) is 5. The Balaban J connectivity index is 1.48. The molecule has 1 aliphatic carbocycles. The van der Waals surface area contributed by atoms with E-state index < -0.39 is 5.54 Å². The lowest BCUT2D eigenvalue weighted by atomic mass is 9.82. The van der Waals surface area contributed by atoms with Crippen LogP contribution in [0.2, 0.25) is 0 Å². The van der Waals surface area contributed by atoms with Crippen molar-refractivity contribution >= 4 is 11.8 Å². The summed E-state index contributed by atoms with van der Waals surface area (Å²) in [5.74, 6) is 0.144. The van der Waals surface area contributed by atoms with Crippen LogP contribution in [0.15, 0.2) is 18.2 Å². The Bertz CT molecular complexity index is 872. The first-order valence-electron chi connectivity index (χ1n) is 11.2. The molecule has 0 aromatic heterocycles. The molecule has 3 atom stereocenters. The Morgan fingerprint density at radius 1 is 1.16 bits per heavy atom. The third-order valence-electron chi connectivity index (χ3n) is 7.30. The van der Waals surface area contributed by atoms with Crippen molar-refractivity contribution in [3.63, 3.8) is 0 Å². The van der Waals surface area contributed by atoms with Crippen molar-refractivity contribution in [1.82, 2.24) is 10.2 Å². The van der Waals surface area contributed by atoms with E-state index in [4.69, 9.17) is 14.2 Å². The number of rotatable bonds is 0. The zero-order valence-corrected chi connectivity index (χ0v) is 17.8. The number of carbonyl (C=O) groups is 2. The van der Waals surface area contributed by atoms with Gasteiger partial charge in [-0.25, -0.2) is 4.39 Å². The Kier molecular flexibility index (Phi) is 5.38. The molecule has 7 nitrogen and oxygen atoms in total. The van der Waals surface area contributed by atoms with Crippen LogP contribution in [-0.4, -0.2) is 66.9 Å². The van der Waals surface area contributed by atoms with E-state index in [-0.39, 0.29) is 55.0 Å².